The van der Waals surface area contributed by atoms with Crippen molar-refractivity contribution >= 4 is 18.4 Å². The second kappa shape index (κ2) is 10.2. The molecule has 0 unspecified atom stereocenters. The summed E-state index contributed by atoms with van der Waals surface area (Å²) >= 11 is 0. The van der Waals surface area contributed by atoms with E-state index < -0.39 is 12.8 Å². The molecular formula is C29H26N3O4P. The topological polar surface area (TPSA) is 116 Å². The number of rotatable bonds is 8. The van der Waals surface area contributed by atoms with Gasteiger partial charge in [-0.3, -0.25) is 14.3 Å². The maximum absolute atomic E-state index is 13.2. The van der Waals surface area contributed by atoms with Gasteiger partial charge in [-0.2, -0.15) is 5.10 Å². The van der Waals surface area contributed by atoms with Crippen LogP contribution in [0.2, 0.25) is 0 Å². The lowest BCUT2D eigenvalue weighted by atomic mass is 9.86. The molecule has 2 heterocycles. The molecule has 0 aliphatic rings. The fourth-order valence-electron chi connectivity index (χ4n) is 4.77. The lowest BCUT2D eigenvalue weighted by Crippen LogP contribution is -2.37. The molecule has 0 bridgehead atoms. The molecule has 0 amide bonds. The van der Waals surface area contributed by atoms with E-state index in [1.54, 1.807) is 12.3 Å². The van der Waals surface area contributed by atoms with Crippen molar-refractivity contribution in [2.24, 2.45) is 0 Å². The van der Waals surface area contributed by atoms with Crippen LogP contribution < -0.4 is 5.56 Å². The van der Waals surface area contributed by atoms with E-state index in [1.165, 1.54) is 6.20 Å². The highest BCUT2D eigenvalue weighted by Crippen LogP contribution is 2.55. The van der Waals surface area contributed by atoms with E-state index in [-0.39, 0.29) is 24.8 Å². The number of hydrogen-bond donors (Lipinski definition) is 3. The molecule has 0 saturated heterocycles. The van der Waals surface area contributed by atoms with Crippen LogP contribution in [0.25, 0.3) is 22.0 Å². The van der Waals surface area contributed by atoms with Gasteiger partial charge in [0, 0.05) is 17.1 Å². The second-order valence-corrected chi connectivity index (χ2v) is 11.4. The minimum atomic E-state index is -4.56. The quantitative estimate of drug-likeness (QED) is 0.255. The number of pyridine rings is 1. The van der Waals surface area contributed by atoms with Crippen molar-refractivity contribution in [2.45, 2.75) is 24.4 Å². The van der Waals surface area contributed by atoms with Gasteiger partial charge in [-0.1, -0.05) is 84.9 Å². The average molecular weight is 512 g/mol. The van der Waals surface area contributed by atoms with Gasteiger partial charge in [0.1, 0.15) is 0 Å². The van der Waals surface area contributed by atoms with Crippen LogP contribution in [0, 0.1) is 0 Å². The molecule has 186 valence electrons. The highest BCUT2D eigenvalue weighted by Gasteiger charge is 2.46. The molecule has 5 aromatic rings. The Kier molecular flexibility index (Phi) is 6.85. The molecule has 3 N–H and O–H groups in total. The molecule has 0 aliphatic carbocycles. The van der Waals surface area contributed by atoms with Crippen LogP contribution >= 0.6 is 7.60 Å². The zero-order valence-corrected chi connectivity index (χ0v) is 20.9. The number of aromatic nitrogens is 3. The summed E-state index contributed by atoms with van der Waals surface area (Å²) in [6.45, 7) is 0. The number of aromatic amines is 1. The second-order valence-electron chi connectivity index (χ2n) is 9.32. The number of benzene rings is 3. The minimum absolute atomic E-state index is 0.200. The Hall–Kier alpha value is -3.90. The monoisotopic (exact) mass is 511 g/mol. The first-order chi connectivity index (χ1) is 17.8. The highest BCUT2D eigenvalue weighted by atomic mass is 31.2. The van der Waals surface area contributed by atoms with Crippen molar-refractivity contribution < 1.29 is 14.4 Å². The minimum Gasteiger partial charge on any atom is -0.324 e. The first-order valence-corrected chi connectivity index (χ1v) is 13.5. The molecule has 37 heavy (non-hydrogen) atoms. The zero-order valence-electron chi connectivity index (χ0n) is 20.0. The van der Waals surface area contributed by atoms with E-state index in [2.05, 4.69) is 15.2 Å². The molecule has 0 aliphatic heterocycles. The Morgan fingerprint density at radius 3 is 1.84 bits per heavy atom. The molecule has 0 spiro atoms. The fraction of sp³-hybridized carbons (Fsp3) is 0.138. The molecule has 0 saturated carbocycles. The Morgan fingerprint density at radius 2 is 1.30 bits per heavy atom. The lowest BCUT2D eigenvalue weighted by molar-refractivity contribution is 0.317. The zero-order chi connectivity index (χ0) is 25.9. The molecule has 7 nitrogen and oxygen atoms in total. The summed E-state index contributed by atoms with van der Waals surface area (Å²) in [4.78, 5) is 37.8. The number of nitrogens with one attached hydrogen (secondary N) is 1. The summed E-state index contributed by atoms with van der Waals surface area (Å²) in [5.41, 5.74) is 3.79. The highest BCUT2D eigenvalue weighted by molar-refractivity contribution is 7.53. The molecule has 0 radical (unpaired) electrons. The summed E-state index contributed by atoms with van der Waals surface area (Å²) in [5.74, 6) is 0. The third kappa shape index (κ3) is 5.44. The van der Waals surface area contributed by atoms with Gasteiger partial charge < -0.3 is 9.79 Å². The third-order valence-corrected chi connectivity index (χ3v) is 8.41. The largest absolute Gasteiger partial charge is 0.332 e. The van der Waals surface area contributed by atoms with Gasteiger partial charge in [-0.05, 0) is 42.0 Å². The van der Waals surface area contributed by atoms with Crippen LogP contribution in [0.3, 0.4) is 0 Å². The van der Waals surface area contributed by atoms with E-state index in [9.17, 15) is 19.1 Å². The van der Waals surface area contributed by atoms with Crippen LogP contribution in [-0.2, 0) is 23.8 Å². The summed E-state index contributed by atoms with van der Waals surface area (Å²) in [7, 11) is -4.56. The van der Waals surface area contributed by atoms with Gasteiger partial charge in [0.15, 0.2) is 0 Å². The average Bonchev–Trinajstić information content (AvgIpc) is 2.89. The smallest absolute Gasteiger partial charge is 0.324 e. The van der Waals surface area contributed by atoms with E-state index in [0.29, 0.717) is 16.5 Å². The summed E-state index contributed by atoms with van der Waals surface area (Å²) in [5, 5.41) is 6.09. The molecule has 2 aromatic heterocycles. The summed E-state index contributed by atoms with van der Waals surface area (Å²) < 4.78 is 13.2. The van der Waals surface area contributed by atoms with Crippen molar-refractivity contribution in [3.63, 3.8) is 0 Å². The molecule has 3 aromatic carbocycles. The maximum atomic E-state index is 13.2. The van der Waals surface area contributed by atoms with E-state index in [4.69, 9.17) is 0 Å². The van der Waals surface area contributed by atoms with E-state index in [0.717, 1.165) is 22.3 Å². The van der Waals surface area contributed by atoms with Gasteiger partial charge in [-0.15, -0.1) is 0 Å². The van der Waals surface area contributed by atoms with Crippen LogP contribution in [0.1, 0.15) is 16.7 Å². The Balaban J connectivity index is 1.50. The molecule has 0 atom stereocenters. The number of H-pyrrole nitrogens is 1. The Labute approximate surface area is 214 Å². The number of nitrogens with zero attached hydrogens (tertiary/aromatic N) is 2. The lowest BCUT2D eigenvalue weighted by Gasteiger charge is -2.35. The van der Waals surface area contributed by atoms with E-state index >= 15 is 0 Å². The predicted molar refractivity (Wildman–Crippen MR) is 144 cm³/mol. The van der Waals surface area contributed by atoms with Crippen molar-refractivity contribution in [1.82, 2.24) is 15.2 Å². The molecule has 0 fully saturated rings. The SMILES string of the molecule is O=c1[nH]ncc2cc(-c3ccc(CC(Cc4ccccc4)(Cc4ccccc4)P(=O)(O)O)cc3)ncc12. The van der Waals surface area contributed by atoms with Crippen LogP contribution in [0.5, 0.6) is 0 Å². The normalized spacial score (nSPS) is 12.1. The summed E-state index contributed by atoms with van der Waals surface area (Å²) in [6.07, 6.45) is 3.78. The summed E-state index contributed by atoms with van der Waals surface area (Å²) in [6, 6.07) is 28.3. The molecular weight excluding hydrogens is 485 g/mol. The van der Waals surface area contributed by atoms with Crippen LogP contribution in [0.15, 0.2) is 108 Å². The standard InChI is InChI=1S/C29H26N3O4P/c33-28-26-20-30-27(15-25(26)19-31-32-28)24-13-11-23(12-14-24)18-29(37(34,35)36,16-21-7-3-1-4-8-21)17-22-9-5-2-6-10-22/h1-15,19-20H,16-18H2,(H,32,33)(H2,34,35,36). The molecule has 5 rings (SSSR count). The van der Waals surface area contributed by atoms with Crippen LogP contribution in [0.4, 0.5) is 0 Å². The van der Waals surface area contributed by atoms with Gasteiger partial charge in [0.25, 0.3) is 5.56 Å². The first-order valence-electron chi connectivity index (χ1n) is 11.9. The van der Waals surface area contributed by atoms with Gasteiger partial charge in [0.05, 0.1) is 22.4 Å². The maximum Gasteiger partial charge on any atom is 0.332 e. The number of hydrogen-bond acceptors (Lipinski definition) is 4. The van der Waals surface area contributed by atoms with Gasteiger partial charge in [-0.25, -0.2) is 5.10 Å². The Morgan fingerprint density at radius 1 is 0.757 bits per heavy atom. The molecule has 8 heteroatoms. The van der Waals surface area contributed by atoms with Crippen molar-refractivity contribution in [3.8, 4) is 11.3 Å². The van der Waals surface area contributed by atoms with Gasteiger partial charge in [0.2, 0.25) is 0 Å². The van der Waals surface area contributed by atoms with E-state index in [1.807, 2.05) is 84.9 Å². The Bertz CT molecular complexity index is 1570. The third-order valence-electron chi connectivity index (χ3n) is 6.70. The predicted octanol–water partition coefficient (Wildman–Crippen LogP) is 4.93. The van der Waals surface area contributed by atoms with Gasteiger partial charge >= 0.3 is 7.60 Å². The number of fused-ring (bicyclic) bond motifs is 1. The van der Waals surface area contributed by atoms with Crippen molar-refractivity contribution in [2.75, 3.05) is 0 Å². The van der Waals surface area contributed by atoms with Crippen molar-refractivity contribution in [3.05, 3.63) is 130 Å². The first kappa shape index (κ1) is 24.8. The van der Waals surface area contributed by atoms with Crippen LogP contribution in [-0.4, -0.2) is 30.1 Å². The van der Waals surface area contributed by atoms with Crippen molar-refractivity contribution in [1.29, 1.82) is 0 Å². The fourth-order valence-corrected chi connectivity index (χ4v) is 5.93.